The summed E-state index contributed by atoms with van der Waals surface area (Å²) in [7, 11) is 4.85. The predicted molar refractivity (Wildman–Crippen MR) is 132 cm³/mol. The minimum absolute atomic E-state index is 0.139. The van der Waals surface area contributed by atoms with Gasteiger partial charge in [0.1, 0.15) is 0 Å². The lowest BCUT2D eigenvalue weighted by atomic mass is 9.79. The van der Waals surface area contributed by atoms with Crippen molar-refractivity contribution in [2.45, 2.75) is 12.0 Å². The second-order valence-corrected chi connectivity index (χ2v) is 9.05. The van der Waals surface area contributed by atoms with Crippen LogP contribution in [-0.4, -0.2) is 43.0 Å². The molecule has 0 spiro atoms. The number of rotatable bonds is 5. The molecule has 0 unspecified atom stereocenters. The van der Waals surface area contributed by atoms with Crippen molar-refractivity contribution < 1.29 is 19.1 Å². The molecule has 5 rings (SSSR count). The van der Waals surface area contributed by atoms with Crippen molar-refractivity contribution in [3.05, 3.63) is 83.4 Å². The molecular weight excluding hydrogens is 450 g/mol. The van der Waals surface area contributed by atoms with Crippen LogP contribution in [0.2, 0.25) is 0 Å². The van der Waals surface area contributed by atoms with Crippen LogP contribution >= 0.6 is 11.3 Å². The van der Waals surface area contributed by atoms with Crippen molar-refractivity contribution in [3.63, 3.8) is 0 Å². The SMILES string of the molecule is COc1ccc([C@H]2[C@H](C(=O)Nc3nc4ccccc4s3)c3ccccc3C(=O)N2C)cc1OC. The Morgan fingerprint density at radius 1 is 1.00 bits per heavy atom. The maximum atomic E-state index is 13.8. The van der Waals surface area contributed by atoms with Crippen LogP contribution in [0.1, 0.15) is 33.4 Å². The Labute approximate surface area is 200 Å². The first-order valence-electron chi connectivity index (χ1n) is 10.8. The van der Waals surface area contributed by atoms with Gasteiger partial charge in [0.2, 0.25) is 5.91 Å². The summed E-state index contributed by atoms with van der Waals surface area (Å²) in [4.78, 5) is 33.2. The third-order valence-electron chi connectivity index (χ3n) is 6.14. The zero-order chi connectivity index (χ0) is 23.8. The lowest BCUT2D eigenvalue weighted by molar-refractivity contribution is -0.119. The number of nitrogens with one attached hydrogen (secondary N) is 1. The molecule has 0 radical (unpaired) electrons. The number of fused-ring (bicyclic) bond motifs is 2. The molecule has 8 heteroatoms. The molecule has 2 amide bonds. The average molecular weight is 474 g/mol. The van der Waals surface area contributed by atoms with Gasteiger partial charge in [-0.05, 0) is 41.5 Å². The van der Waals surface area contributed by atoms with E-state index >= 15 is 0 Å². The highest BCUT2D eigenvalue weighted by molar-refractivity contribution is 7.22. The maximum Gasteiger partial charge on any atom is 0.254 e. The monoisotopic (exact) mass is 473 g/mol. The van der Waals surface area contributed by atoms with Crippen molar-refractivity contribution in [2.24, 2.45) is 0 Å². The number of aromatic nitrogens is 1. The Hall–Kier alpha value is -3.91. The van der Waals surface area contributed by atoms with Crippen molar-refractivity contribution in [1.82, 2.24) is 9.88 Å². The summed E-state index contributed by atoms with van der Waals surface area (Å²) in [6.45, 7) is 0. The van der Waals surface area contributed by atoms with E-state index in [4.69, 9.17) is 9.47 Å². The van der Waals surface area contributed by atoms with E-state index in [1.54, 1.807) is 38.3 Å². The standard InChI is InChI=1S/C26H23N3O4S/c1-29-23(15-12-13-19(32-2)20(14-15)33-3)22(16-8-4-5-9-17(16)25(29)31)24(30)28-26-27-18-10-6-7-11-21(18)34-26/h4-14,22-23H,1-3H3,(H,27,28,30)/t22-,23+/m1/s1. The fourth-order valence-electron chi connectivity index (χ4n) is 4.52. The molecule has 0 aliphatic carbocycles. The number of para-hydroxylation sites is 1. The van der Waals surface area contributed by atoms with Crippen LogP contribution in [0.4, 0.5) is 5.13 Å². The van der Waals surface area contributed by atoms with Crippen molar-refractivity contribution in [2.75, 3.05) is 26.6 Å². The Balaban J connectivity index is 1.60. The molecule has 2 atom stereocenters. The zero-order valence-electron chi connectivity index (χ0n) is 18.9. The molecule has 7 nitrogen and oxygen atoms in total. The fourth-order valence-corrected chi connectivity index (χ4v) is 5.39. The van der Waals surface area contributed by atoms with Crippen LogP contribution < -0.4 is 14.8 Å². The predicted octanol–water partition coefficient (Wildman–Crippen LogP) is 4.86. The molecule has 34 heavy (non-hydrogen) atoms. The van der Waals surface area contributed by atoms with Gasteiger partial charge in [-0.3, -0.25) is 9.59 Å². The van der Waals surface area contributed by atoms with Crippen LogP contribution in [0, 0.1) is 0 Å². The molecule has 0 fully saturated rings. The summed E-state index contributed by atoms with van der Waals surface area (Å²) in [6, 6.07) is 19.9. The summed E-state index contributed by atoms with van der Waals surface area (Å²) < 4.78 is 11.9. The molecule has 1 aliphatic heterocycles. The molecule has 0 bridgehead atoms. The molecule has 172 valence electrons. The fraction of sp³-hybridized carbons (Fsp3) is 0.192. The summed E-state index contributed by atoms with van der Waals surface area (Å²) >= 11 is 1.42. The van der Waals surface area contributed by atoms with Gasteiger partial charge in [-0.2, -0.15) is 0 Å². The Morgan fingerprint density at radius 3 is 2.50 bits per heavy atom. The van der Waals surface area contributed by atoms with Gasteiger partial charge in [0.15, 0.2) is 16.6 Å². The van der Waals surface area contributed by atoms with E-state index in [0.717, 1.165) is 15.8 Å². The first kappa shape index (κ1) is 21.9. The Bertz CT molecular complexity index is 1370. The van der Waals surface area contributed by atoms with E-state index in [-0.39, 0.29) is 11.8 Å². The lowest BCUT2D eigenvalue weighted by Crippen LogP contribution is -2.44. The van der Waals surface area contributed by atoms with Crippen molar-refractivity contribution in [3.8, 4) is 11.5 Å². The molecule has 1 aromatic heterocycles. The number of hydrogen-bond acceptors (Lipinski definition) is 6. The first-order chi connectivity index (χ1) is 16.5. The third-order valence-corrected chi connectivity index (χ3v) is 7.09. The number of hydrogen-bond donors (Lipinski definition) is 1. The quantitative estimate of drug-likeness (QED) is 0.448. The summed E-state index contributed by atoms with van der Waals surface area (Å²) in [5.41, 5.74) is 2.80. The van der Waals surface area contributed by atoms with E-state index in [9.17, 15) is 9.59 Å². The molecule has 0 saturated carbocycles. The van der Waals surface area contributed by atoms with Crippen molar-refractivity contribution >= 4 is 38.5 Å². The number of ether oxygens (including phenoxy) is 2. The maximum absolute atomic E-state index is 13.8. The van der Waals surface area contributed by atoms with Crippen molar-refractivity contribution in [1.29, 1.82) is 0 Å². The molecular formula is C26H23N3O4S. The van der Waals surface area contributed by atoms with Gasteiger partial charge >= 0.3 is 0 Å². The minimum Gasteiger partial charge on any atom is -0.493 e. The van der Waals surface area contributed by atoms with Crippen LogP contribution in [0.3, 0.4) is 0 Å². The number of thiazole rings is 1. The first-order valence-corrected chi connectivity index (χ1v) is 11.6. The Morgan fingerprint density at radius 2 is 1.74 bits per heavy atom. The highest BCUT2D eigenvalue weighted by Gasteiger charge is 2.43. The number of likely N-dealkylation sites (N-methyl/N-ethyl adjacent to an activating group) is 1. The lowest BCUT2D eigenvalue weighted by Gasteiger charge is -2.39. The molecule has 4 aromatic rings. The van der Waals surface area contributed by atoms with Gasteiger partial charge in [0, 0.05) is 12.6 Å². The van der Waals surface area contributed by atoms with E-state index in [0.29, 0.717) is 27.8 Å². The topological polar surface area (TPSA) is 80.8 Å². The molecule has 2 heterocycles. The van der Waals surface area contributed by atoms with Crippen LogP contribution in [-0.2, 0) is 4.79 Å². The second-order valence-electron chi connectivity index (χ2n) is 8.02. The molecule has 1 aliphatic rings. The van der Waals surface area contributed by atoms with E-state index in [1.807, 2.05) is 54.6 Å². The number of benzene rings is 3. The number of amides is 2. The smallest absolute Gasteiger partial charge is 0.254 e. The number of anilines is 1. The summed E-state index contributed by atoms with van der Waals surface area (Å²) in [5.74, 6) is 0.0889. The number of methoxy groups -OCH3 is 2. The summed E-state index contributed by atoms with van der Waals surface area (Å²) in [6.07, 6.45) is 0. The van der Waals surface area contributed by atoms with Gasteiger partial charge in [0.05, 0.1) is 36.4 Å². The Kier molecular flexibility index (Phi) is 5.67. The zero-order valence-corrected chi connectivity index (χ0v) is 19.8. The molecule has 1 N–H and O–H groups in total. The second kappa shape index (κ2) is 8.79. The van der Waals surface area contributed by atoms with Gasteiger partial charge in [-0.1, -0.05) is 47.7 Å². The van der Waals surface area contributed by atoms with E-state index in [1.165, 1.54) is 11.3 Å². The molecule has 0 saturated heterocycles. The highest BCUT2D eigenvalue weighted by Crippen LogP contribution is 2.44. The van der Waals surface area contributed by atoms with Gasteiger partial charge < -0.3 is 19.7 Å². The number of carbonyl (C=O) groups excluding carboxylic acids is 2. The van der Waals surface area contributed by atoms with Gasteiger partial charge in [-0.25, -0.2) is 4.98 Å². The van der Waals surface area contributed by atoms with E-state index < -0.39 is 12.0 Å². The summed E-state index contributed by atoms with van der Waals surface area (Å²) in [5, 5.41) is 3.53. The van der Waals surface area contributed by atoms with Crippen LogP contribution in [0.25, 0.3) is 10.2 Å². The normalized spacial score (nSPS) is 17.4. The average Bonchev–Trinajstić information content (AvgIpc) is 3.27. The van der Waals surface area contributed by atoms with Gasteiger partial charge in [-0.15, -0.1) is 0 Å². The third kappa shape index (κ3) is 3.66. The van der Waals surface area contributed by atoms with Gasteiger partial charge in [0.25, 0.3) is 5.91 Å². The minimum atomic E-state index is -0.649. The largest absolute Gasteiger partial charge is 0.493 e. The van der Waals surface area contributed by atoms with Crippen LogP contribution in [0.15, 0.2) is 66.7 Å². The van der Waals surface area contributed by atoms with E-state index in [2.05, 4.69) is 10.3 Å². The highest BCUT2D eigenvalue weighted by atomic mass is 32.1. The number of carbonyl (C=O) groups is 2. The number of nitrogens with zero attached hydrogens (tertiary/aromatic N) is 2. The van der Waals surface area contributed by atoms with Crippen LogP contribution in [0.5, 0.6) is 11.5 Å². The molecule has 3 aromatic carbocycles.